The molecule has 1 aromatic rings. The number of carbonyl (C=O) groups is 1. The van der Waals surface area contributed by atoms with Gasteiger partial charge in [0.1, 0.15) is 5.75 Å². The molecule has 0 aromatic heterocycles. The fraction of sp³-hybridized carbons (Fsp3) is 0.611. The van der Waals surface area contributed by atoms with E-state index in [1.54, 1.807) is 12.1 Å². The number of nitrogens with zero attached hydrogens (tertiary/aromatic N) is 1. The Bertz CT molecular complexity index is 550. The zero-order valence-electron chi connectivity index (χ0n) is 13.5. The fourth-order valence-electron chi connectivity index (χ4n) is 3.50. The summed E-state index contributed by atoms with van der Waals surface area (Å²) in [6.45, 7) is 2.22. The summed E-state index contributed by atoms with van der Waals surface area (Å²) in [5, 5.41) is 0.573. The van der Waals surface area contributed by atoms with Gasteiger partial charge in [0.05, 0.1) is 11.7 Å². The van der Waals surface area contributed by atoms with E-state index in [0.29, 0.717) is 28.8 Å². The zero-order chi connectivity index (χ0) is 16.2. The van der Waals surface area contributed by atoms with E-state index in [0.717, 1.165) is 38.8 Å². The zero-order valence-corrected chi connectivity index (χ0v) is 14.2. The Labute approximate surface area is 142 Å². The summed E-state index contributed by atoms with van der Waals surface area (Å²) >= 11 is 6.12. The molecule has 23 heavy (non-hydrogen) atoms. The molecular weight excluding hydrogens is 312 g/mol. The van der Waals surface area contributed by atoms with Gasteiger partial charge in [0, 0.05) is 18.1 Å². The third kappa shape index (κ3) is 3.99. The maximum Gasteiger partial charge on any atom is 0.257 e. The van der Waals surface area contributed by atoms with Gasteiger partial charge >= 0.3 is 0 Å². The smallest absolute Gasteiger partial charge is 0.257 e. The second-order valence-electron chi connectivity index (χ2n) is 6.64. The molecule has 3 rings (SSSR count). The number of carbonyl (C=O) groups excluding carboxylic acids is 1. The monoisotopic (exact) mass is 336 g/mol. The molecule has 0 unspecified atom stereocenters. The SMILES string of the molecule is NCC1CCN(C(=O)c2cc(Cl)ccc2OC2CCCC2)CC1. The van der Waals surface area contributed by atoms with Crippen molar-refractivity contribution in [3.63, 3.8) is 0 Å². The van der Waals surface area contributed by atoms with Crippen LogP contribution in [0.4, 0.5) is 0 Å². The normalized spacial score (nSPS) is 20.0. The number of nitrogens with two attached hydrogens (primary N) is 1. The predicted molar refractivity (Wildman–Crippen MR) is 92.0 cm³/mol. The summed E-state index contributed by atoms with van der Waals surface area (Å²) in [7, 11) is 0. The largest absolute Gasteiger partial charge is 0.490 e. The molecule has 4 nitrogen and oxygen atoms in total. The van der Waals surface area contributed by atoms with Gasteiger partial charge in [-0.15, -0.1) is 0 Å². The van der Waals surface area contributed by atoms with E-state index < -0.39 is 0 Å². The van der Waals surface area contributed by atoms with Crippen molar-refractivity contribution in [2.45, 2.75) is 44.6 Å². The van der Waals surface area contributed by atoms with Crippen molar-refractivity contribution in [2.24, 2.45) is 11.7 Å². The highest BCUT2D eigenvalue weighted by atomic mass is 35.5. The second kappa shape index (κ2) is 7.54. The van der Waals surface area contributed by atoms with Crippen LogP contribution in [0.2, 0.25) is 5.02 Å². The molecule has 126 valence electrons. The number of rotatable bonds is 4. The van der Waals surface area contributed by atoms with Crippen molar-refractivity contribution >= 4 is 17.5 Å². The molecule has 2 aliphatic rings. The molecule has 2 N–H and O–H groups in total. The lowest BCUT2D eigenvalue weighted by Crippen LogP contribution is -2.40. The number of halogens is 1. The molecule has 1 saturated heterocycles. The molecule has 1 aliphatic heterocycles. The molecule has 0 atom stereocenters. The molecule has 0 radical (unpaired) electrons. The van der Waals surface area contributed by atoms with E-state index in [-0.39, 0.29) is 12.0 Å². The maximum atomic E-state index is 12.9. The van der Waals surface area contributed by atoms with Crippen LogP contribution >= 0.6 is 11.6 Å². The first-order chi connectivity index (χ1) is 11.2. The van der Waals surface area contributed by atoms with Crippen molar-refractivity contribution in [1.82, 2.24) is 4.90 Å². The molecule has 1 heterocycles. The topological polar surface area (TPSA) is 55.6 Å². The van der Waals surface area contributed by atoms with Crippen LogP contribution in [0.25, 0.3) is 0 Å². The van der Waals surface area contributed by atoms with E-state index in [1.807, 2.05) is 11.0 Å². The molecule has 1 aliphatic carbocycles. The van der Waals surface area contributed by atoms with Gasteiger partial charge in [0.15, 0.2) is 0 Å². The number of amides is 1. The number of hydrogen-bond donors (Lipinski definition) is 1. The Morgan fingerprint density at radius 2 is 1.91 bits per heavy atom. The summed E-state index contributed by atoms with van der Waals surface area (Å²) in [5.41, 5.74) is 6.32. The Kier molecular flexibility index (Phi) is 5.44. The molecule has 1 amide bonds. The van der Waals surface area contributed by atoms with Crippen LogP contribution < -0.4 is 10.5 Å². The summed E-state index contributed by atoms with van der Waals surface area (Å²) in [4.78, 5) is 14.8. The van der Waals surface area contributed by atoms with E-state index in [9.17, 15) is 4.79 Å². The number of benzene rings is 1. The van der Waals surface area contributed by atoms with Gasteiger partial charge in [0.25, 0.3) is 5.91 Å². The summed E-state index contributed by atoms with van der Waals surface area (Å²) in [6, 6.07) is 5.37. The van der Waals surface area contributed by atoms with Gasteiger partial charge < -0.3 is 15.4 Å². The molecule has 1 saturated carbocycles. The molecule has 5 heteroatoms. The highest BCUT2D eigenvalue weighted by Gasteiger charge is 2.26. The quantitative estimate of drug-likeness (QED) is 0.915. The standard InChI is InChI=1S/C18H25ClN2O2/c19-14-5-6-17(23-15-3-1-2-4-15)16(11-14)18(22)21-9-7-13(12-20)8-10-21/h5-6,11,13,15H,1-4,7-10,12,20H2. The molecule has 1 aromatic carbocycles. The number of hydrogen-bond acceptors (Lipinski definition) is 3. The predicted octanol–water partition coefficient (Wildman–Crippen LogP) is 3.47. The third-order valence-corrected chi connectivity index (χ3v) is 5.24. The number of ether oxygens (including phenoxy) is 1. The van der Waals surface area contributed by atoms with Gasteiger partial charge in [0.2, 0.25) is 0 Å². The summed E-state index contributed by atoms with van der Waals surface area (Å²) in [6.07, 6.45) is 6.72. The lowest BCUT2D eigenvalue weighted by Gasteiger charge is -2.32. The maximum absolute atomic E-state index is 12.9. The number of likely N-dealkylation sites (tertiary alicyclic amines) is 1. The first kappa shape index (κ1) is 16.6. The van der Waals surface area contributed by atoms with Crippen LogP contribution in [0.5, 0.6) is 5.75 Å². The van der Waals surface area contributed by atoms with Crippen LogP contribution in [0.3, 0.4) is 0 Å². The van der Waals surface area contributed by atoms with Crippen LogP contribution in [0, 0.1) is 5.92 Å². The number of piperidine rings is 1. The van der Waals surface area contributed by atoms with E-state index in [1.165, 1.54) is 12.8 Å². The highest BCUT2D eigenvalue weighted by Crippen LogP contribution is 2.30. The molecule has 2 fully saturated rings. The Hall–Kier alpha value is -1.26. The van der Waals surface area contributed by atoms with E-state index >= 15 is 0 Å². The molecule has 0 bridgehead atoms. The van der Waals surface area contributed by atoms with Gasteiger partial charge in [-0.1, -0.05) is 11.6 Å². The van der Waals surface area contributed by atoms with Crippen molar-refractivity contribution in [1.29, 1.82) is 0 Å². The average Bonchev–Trinajstić information content (AvgIpc) is 3.09. The van der Waals surface area contributed by atoms with E-state index in [2.05, 4.69) is 0 Å². The third-order valence-electron chi connectivity index (χ3n) is 5.00. The first-order valence-corrected chi connectivity index (χ1v) is 9.00. The second-order valence-corrected chi connectivity index (χ2v) is 7.07. The van der Waals surface area contributed by atoms with Gasteiger partial charge in [-0.3, -0.25) is 4.79 Å². The highest BCUT2D eigenvalue weighted by molar-refractivity contribution is 6.31. The van der Waals surface area contributed by atoms with Crippen molar-refractivity contribution in [3.05, 3.63) is 28.8 Å². The lowest BCUT2D eigenvalue weighted by atomic mass is 9.96. The average molecular weight is 337 g/mol. The van der Waals surface area contributed by atoms with E-state index in [4.69, 9.17) is 22.1 Å². The minimum Gasteiger partial charge on any atom is -0.490 e. The van der Waals surface area contributed by atoms with Crippen molar-refractivity contribution in [2.75, 3.05) is 19.6 Å². The summed E-state index contributed by atoms with van der Waals surface area (Å²) < 4.78 is 6.09. The van der Waals surface area contributed by atoms with Crippen LogP contribution in [0.1, 0.15) is 48.9 Å². The van der Waals surface area contributed by atoms with Crippen molar-refractivity contribution < 1.29 is 9.53 Å². The molecular formula is C18H25ClN2O2. The summed E-state index contributed by atoms with van der Waals surface area (Å²) in [5.74, 6) is 1.23. The Morgan fingerprint density at radius 1 is 1.22 bits per heavy atom. The molecule has 0 spiro atoms. The van der Waals surface area contributed by atoms with Crippen LogP contribution in [-0.4, -0.2) is 36.5 Å². The van der Waals surface area contributed by atoms with Gasteiger partial charge in [-0.2, -0.15) is 0 Å². The van der Waals surface area contributed by atoms with Crippen molar-refractivity contribution in [3.8, 4) is 5.75 Å². The first-order valence-electron chi connectivity index (χ1n) is 8.63. The Balaban J connectivity index is 1.74. The van der Waals surface area contributed by atoms with Crippen LogP contribution in [0.15, 0.2) is 18.2 Å². The minimum atomic E-state index is 0.0240. The fourth-order valence-corrected chi connectivity index (χ4v) is 3.67. The minimum absolute atomic E-state index is 0.0240. The van der Waals surface area contributed by atoms with Gasteiger partial charge in [-0.05, 0) is 69.2 Å². The van der Waals surface area contributed by atoms with Gasteiger partial charge in [-0.25, -0.2) is 0 Å². The lowest BCUT2D eigenvalue weighted by molar-refractivity contribution is 0.0686. The van der Waals surface area contributed by atoms with Crippen LogP contribution in [-0.2, 0) is 0 Å². The Morgan fingerprint density at radius 3 is 2.57 bits per heavy atom.